The molecule has 0 saturated carbocycles. The zero-order valence-electron chi connectivity index (χ0n) is 10.6. The van der Waals surface area contributed by atoms with Gasteiger partial charge in [0.2, 0.25) is 0 Å². The molecular formula is C12H14F2N2O2S. The van der Waals surface area contributed by atoms with Gasteiger partial charge in [-0.05, 0) is 32.4 Å². The summed E-state index contributed by atoms with van der Waals surface area (Å²) in [5, 5.41) is 8.80. The van der Waals surface area contributed by atoms with E-state index < -0.39 is 37.5 Å². The van der Waals surface area contributed by atoms with E-state index in [0.717, 1.165) is 12.1 Å². The topological polar surface area (TPSA) is 84.0 Å². The van der Waals surface area contributed by atoms with Gasteiger partial charge in [0.15, 0.2) is 9.84 Å². The number of hydrogen-bond acceptors (Lipinski definition) is 4. The quantitative estimate of drug-likeness (QED) is 0.861. The molecule has 0 unspecified atom stereocenters. The van der Waals surface area contributed by atoms with Crippen LogP contribution in [0.4, 0.5) is 14.5 Å². The minimum absolute atomic E-state index is 0.0188. The molecule has 0 aliphatic rings. The smallest absolute Gasteiger partial charge is 0.184 e. The Kier molecular flexibility index (Phi) is 4.15. The van der Waals surface area contributed by atoms with Crippen molar-refractivity contribution in [2.45, 2.75) is 25.2 Å². The molecule has 1 aromatic carbocycles. The molecule has 1 rings (SSSR count). The van der Waals surface area contributed by atoms with Crippen LogP contribution in [0, 0.1) is 28.4 Å². The van der Waals surface area contributed by atoms with E-state index in [9.17, 15) is 17.2 Å². The van der Waals surface area contributed by atoms with Crippen LogP contribution in [-0.4, -0.2) is 14.2 Å². The van der Waals surface area contributed by atoms with Crippen LogP contribution >= 0.6 is 0 Å². The van der Waals surface area contributed by atoms with Crippen molar-refractivity contribution in [1.29, 1.82) is 5.26 Å². The summed E-state index contributed by atoms with van der Waals surface area (Å²) in [5.41, 5.74) is 4.15. The Morgan fingerprint density at radius 3 is 2.21 bits per heavy atom. The van der Waals surface area contributed by atoms with Crippen molar-refractivity contribution in [1.82, 2.24) is 0 Å². The molecule has 0 saturated heterocycles. The van der Waals surface area contributed by atoms with Crippen molar-refractivity contribution in [2.24, 2.45) is 5.41 Å². The van der Waals surface area contributed by atoms with Crippen LogP contribution in [0.15, 0.2) is 17.0 Å². The summed E-state index contributed by atoms with van der Waals surface area (Å²) in [6, 6.07) is 3.44. The highest BCUT2D eigenvalue weighted by Crippen LogP contribution is 2.26. The van der Waals surface area contributed by atoms with E-state index in [1.807, 2.05) is 6.07 Å². The number of halogens is 2. The van der Waals surface area contributed by atoms with Crippen molar-refractivity contribution in [3.8, 4) is 6.07 Å². The lowest BCUT2D eigenvalue weighted by molar-refractivity contribution is 0.469. The molecule has 0 atom stereocenters. The second-order valence-electron chi connectivity index (χ2n) is 4.88. The first-order valence-corrected chi connectivity index (χ1v) is 7.13. The van der Waals surface area contributed by atoms with Crippen LogP contribution in [0.1, 0.15) is 20.3 Å². The summed E-state index contributed by atoms with van der Waals surface area (Å²) < 4.78 is 50.9. The normalized spacial score (nSPS) is 12.2. The van der Waals surface area contributed by atoms with Gasteiger partial charge in [-0.25, -0.2) is 17.2 Å². The number of rotatable bonds is 4. The molecule has 0 bridgehead atoms. The van der Waals surface area contributed by atoms with Crippen LogP contribution < -0.4 is 5.73 Å². The SMILES string of the molecule is CC(C)(C#N)CCS(=O)(=O)c1c(F)cc(N)cc1F. The monoisotopic (exact) mass is 288 g/mol. The van der Waals surface area contributed by atoms with Crippen LogP contribution in [0.25, 0.3) is 0 Å². The van der Waals surface area contributed by atoms with Crippen molar-refractivity contribution < 1.29 is 17.2 Å². The third-order valence-electron chi connectivity index (χ3n) is 2.63. The molecule has 0 spiro atoms. The first-order chi connectivity index (χ1) is 8.59. The van der Waals surface area contributed by atoms with Crippen molar-refractivity contribution in [3.63, 3.8) is 0 Å². The van der Waals surface area contributed by atoms with Crippen LogP contribution in [0.3, 0.4) is 0 Å². The Morgan fingerprint density at radius 2 is 1.79 bits per heavy atom. The van der Waals surface area contributed by atoms with Gasteiger partial charge in [0, 0.05) is 5.69 Å². The lowest BCUT2D eigenvalue weighted by Crippen LogP contribution is -2.18. The summed E-state index contributed by atoms with van der Waals surface area (Å²) in [6.45, 7) is 3.11. The lowest BCUT2D eigenvalue weighted by atomic mass is 9.93. The maximum atomic E-state index is 13.5. The molecule has 0 amide bonds. The Hall–Kier alpha value is -1.68. The molecule has 2 N–H and O–H groups in total. The number of nitrogens with two attached hydrogens (primary N) is 1. The molecule has 0 heterocycles. The van der Waals surface area contributed by atoms with E-state index >= 15 is 0 Å². The summed E-state index contributed by atoms with van der Waals surface area (Å²) in [4.78, 5) is -0.990. The number of nitriles is 1. The second kappa shape index (κ2) is 5.13. The number of anilines is 1. The molecule has 0 radical (unpaired) electrons. The summed E-state index contributed by atoms with van der Waals surface area (Å²) in [7, 11) is -4.14. The van der Waals surface area contributed by atoms with E-state index in [-0.39, 0.29) is 12.1 Å². The Balaban J connectivity index is 3.13. The average molecular weight is 288 g/mol. The van der Waals surface area contributed by atoms with E-state index in [0.29, 0.717) is 0 Å². The fourth-order valence-corrected chi connectivity index (χ4v) is 3.12. The number of nitrogens with zero attached hydrogens (tertiary/aromatic N) is 1. The van der Waals surface area contributed by atoms with E-state index in [1.54, 1.807) is 13.8 Å². The zero-order valence-corrected chi connectivity index (χ0v) is 11.4. The molecule has 0 aromatic heterocycles. The van der Waals surface area contributed by atoms with Gasteiger partial charge in [-0.15, -0.1) is 0 Å². The molecule has 0 fully saturated rings. The second-order valence-corrected chi connectivity index (χ2v) is 6.92. The third kappa shape index (κ3) is 3.64. The largest absolute Gasteiger partial charge is 0.399 e. The molecule has 0 aliphatic carbocycles. The lowest BCUT2D eigenvalue weighted by Gasteiger charge is -2.15. The predicted molar refractivity (Wildman–Crippen MR) is 66.8 cm³/mol. The highest BCUT2D eigenvalue weighted by atomic mass is 32.2. The Bertz CT molecular complexity index is 611. The highest BCUT2D eigenvalue weighted by molar-refractivity contribution is 7.91. The number of nitrogen functional groups attached to an aromatic ring is 1. The Labute approximate surface area is 110 Å². The minimum Gasteiger partial charge on any atom is -0.399 e. The van der Waals surface area contributed by atoms with Gasteiger partial charge in [-0.2, -0.15) is 5.26 Å². The number of benzene rings is 1. The maximum Gasteiger partial charge on any atom is 0.184 e. The standard InChI is InChI=1S/C12H14F2N2O2S/c1-12(2,7-15)3-4-19(17,18)11-9(13)5-8(16)6-10(11)14/h5-6H,3-4,16H2,1-2H3. The molecule has 104 valence electrons. The zero-order chi connectivity index (χ0) is 14.8. The van der Waals surface area contributed by atoms with Crippen molar-refractivity contribution in [2.75, 3.05) is 11.5 Å². The fraction of sp³-hybridized carbons (Fsp3) is 0.417. The van der Waals surface area contributed by atoms with E-state index in [4.69, 9.17) is 11.0 Å². The van der Waals surface area contributed by atoms with Gasteiger partial charge >= 0.3 is 0 Å². The maximum absolute atomic E-state index is 13.5. The first-order valence-electron chi connectivity index (χ1n) is 5.47. The van der Waals surface area contributed by atoms with E-state index in [1.165, 1.54) is 0 Å². The first kappa shape index (κ1) is 15.4. The molecule has 1 aromatic rings. The summed E-state index contributed by atoms with van der Waals surface area (Å²) >= 11 is 0. The van der Waals surface area contributed by atoms with Gasteiger partial charge in [0.05, 0.1) is 17.2 Å². The molecular weight excluding hydrogens is 274 g/mol. The van der Waals surface area contributed by atoms with Crippen molar-refractivity contribution >= 4 is 15.5 Å². The van der Waals surface area contributed by atoms with Gasteiger partial charge < -0.3 is 5.73 Å². The van der Waals surface area contributed by atoms with Crippen LogP contribution in [-0.2, 0) is 9.84 Å². The van der Waals surface area contributed by atoms with Crippen LogP contribution in [0.2, 0.25) is 0 Å². The van der Waals surface area contributed by atoms with Gasteiger partial charge in [0.25, 0.3) is 0 Å². The molecule has 7 heteroatoms. The van der Waals surface area contributed by atoms with Crippen molar-refractivity contribution in [3.05, 3.63) is 23.8 Å². The average Bonchev–Trinajstić information content (AvgIpc) is 2.25. The third-order valence-corrected chi connectivity index (χ3v) is 4.38. The van der Waals surface area contributed by atoms with Gasteiger partial charge in [0.1, 0.15) is 16.5 Å². The number of sulfone groups is 1. The van der Waals surface area contributed by atoms with E-state index in [2.05, 4.69) is 0 Å². The molecule has 4 nitrogen and oxygen atoms in total. The summed E-state index contributed by atoms with van der Waals surface area (Å²) in [5.74, 6) is -2.94. The minimum atomic E-state index is -4.14. The van der Waals surface area contributed by atoms with Gasteiger partial charge in [-0.3, -0.25) is 0 Å². The molecule has 0 aliphatic heterocycles. The summed E-state index contributed by atoms with van der Waals surface area (Å²) in [6.07, 6.45) is -0.0188. The number of hydrogen-bond donors (Lipinski definition) is 1. The predicted octanol–water partition coefficient (Wildman–Crippen LogP) is 2.26. The highest BCUT2D eigenvalue weighted by Gasteiger charge is 2.28. The van der Waals surface area contributed by atoms with Gasteiger partial charge in [-0.1, -0.05) is 0 Å². The fourth-order valence-electron chi connectivity index (χ4n) is 1.42. The Morgan fingerprint density at radius 1 is 1.32 bits per heavy atom. The molecule has 19 heavy (non-hydrogen) atoms. The van der Waals surface area contributed by atoms with Crippen LogP contribution in [0.5, 0.6) is 0 Å².